The molecule has 0 aliphatic heterocycles. The zero-order chi connectivity index (χ0) is 14.4. The van der Waals surface area contributed by atoms with Crippen molar-refractivity contribution in [3.05, 3.63) is 28.2 Å². The van der Waals surface area contributed by atoms with E-state index in [1.54, 1.807) is 18.2 Å². The first-order valence-electron chi connectivity index (χ1n) is 5.72. The van der Waals surface area contributed by atoms with Crippen LogP contribution in [0.2, 0.25) is 10.0 Å². The third kappa shape index (κ3) is 4.61. The highest BCUT2D eigenvalue weighted by Gasteiger charge is 2.22. The predicted molar refractivity (Wildman–Crippen MR) is 76.9 cm³/mol. The number of amides is 1. The number of oxime groups is 1. The molecule has 1 rings (SSSR count). The molecule has 0 aromatic heterocycles. The first-order valence-corrected chi connectivity index (χ1v) is 6.48. The maximum Gasteiger partial charge on any atom is 0.235 e. The van der Waals surface area contributed by atoms with Gasteiger partial charge in [0.25, 0.3) is 0 Å². The largest absolute Gasteiger partial charge is 0.409 e. The Hall–Kier alpha value is -1.46. The number of benzene rings is 1. The van der Waals surface area contributed by atoms with Crippen LogP contribution in [0.15, 0.2) is 23.4 Å². The molecular formula is C12H15Cl2N3O2. The van der Waals surface area contributed by atoms with E-state index in [9.17, 15) is 4.79 Å². The number of nitrogens with two attached hydrogens (primary N) is 1. The van der Waals surface area contributed by atoms with E-state index in [1.165, 1.54) is 0 Å². The number of nitrogens with zero attached hydrogens (tertiary/aromatic N) is 1. The van der Waals surface area contributed by atoms with Crippen molar-refractivity contribution in [2.75, 3.05) is 5.32 Å². The summed E-state index contributed by atoms with van der Waals surface area (Å²) in [7, 11) is 0. The van der Waals surface area contributed by atoms with E-state index < -0.39 is 5.92 Å². The van der Waals surface area contributed by atoms with E-state index in [0.29, 0.717) is 22.2 Å². The molecule has 0 saturated heterocycles. The van der Waals surface area contributed by atoms with Crippen LogP contribution in [-0.2, 0) is 4.79 Å². The molecule has 104 valence electrons. The van der Waals surface area contributed by atoms with Gasteiger partial charge in [0.05, 0.1) is 5.92 Å². The van der Waals surface area contributed by atoms with Gasteiger partial charge in [0.1, 0.15) is 0 Å². The van der Waals surface area contributed by atoms with Gasteiger partial charge >= 0.3 is 0 Å². The molecule has 4 N–H and O–H groups in total. The van der Waals surface area contributed by atoms with Crippen molar-refractivity contribution in [1.82, 2.24) is 0 Å². The third-order valence-electron chi connectivity index (χ3n) is 2.50. The molecule has 0 aliphatic carbocycles. The van der Waals surface area contributed by atoms with Crippen molar-refractivity contribution >= 4 is 40.6 Å². The number of anilines is 1. The molecule has 0 radical (unpaired) electrons. The Balaban J connectivity index is 2.87. The van der Waals surface area contributed by atoms with Gasteiger partial charge in [-0.05, 0) is 24.6 Å². The lowest BCUT2D eigenvalue weighted by Gasteiger charge is -2.14. The minimum atomic E-state index is -0.687. The second kappa shape index (κ2) is 7.21. The molecule has 1 atom stereocenters. The number of carbonyl (C=O) groups excluding carboxylic acids is 1. The normalized spacial score (nSPS) is 13.1. The topological polar surface area (TPSA) is 87.7 Å². The Bertz CT molecular complexity index is 472. The molecular weight excluding hydrogens is 289 g/mol. The van der Waals surface area contributed by atoms with Crippen LogP contribution in [0.5, 0.6) is 0 Å². The molecule has 0 heterocycles. The van der Waals surface area contributed by atoms with E-state index >= 15 is 0 Å². The Morgan fingerprint density at radius 2 is 2.00 bits per heavy atom. The van der Waals surface area contributed by atoms with Crippen molar-refractivity contribution in [3.63, 3.8) is 0 Å². The Morgan fingerprint density at radius 3 is 2.47 bits per heavy atom. The maximum absolute atomic E-state index is 12.1. The Labute approximate surface area is 121 Å². The van der Waals surface area contributed by atoms with Gasteiger partial charge in [0.2, 0.25) is 5.91 Å². The summed E-state index contributed by atoms with van der Waals surface area (Å²) in [5, 5.41) is 15.0. The average Bonchev–Trinajstić information content (AvgIpc) is 2.33. The molecule has 0 bridgehead atoms. The molecule has 19 heavy (non-hydrogen) atoms. The van der Waals surface area contributed by atoms with Crippen LogP contribution in [0, 0.1) is 5.92 Å². The SMILES string of the molecule is CCCC(C(=O)Nc1cc(Cl)cc(Cl)c1)C(N)=NO. The smallest absolute Gasteiger partial charge is 0.235 e. The first kappa shape index (κ1) is 15.6. The number of hydrogen-bond acceptors (Lipinski definition) is 3. The van der Waals surface area contributed by atoms with Crippen molar-refractivity contribution in [1.29, 1.82) is 0 Å². The first-order chi connectivity index (χ1) is 8.97. The third-order valence-corrected chi connectivity index (χ3v) is 2.93. The molecule has 0 spiro atoms. The lowest BCUT2D eigenvalue weighted by molar-refractivity contribution is -0.118. The summed E-state index contributed by atoms with van der Waals surface area (Å²) in [6, 6.07) is 4.70. The number of nitrogens with one attached hydrogen (secondary N) is 1. The molecule has 1 aromatic carbocycles. The molecule has 0 fully saturated rings. The molecule has 1 amide bonds. The zero-order valence-electron chi connectivity index (χ0n) is 10.4. The minimum Gasteiger partial charge on any atom is -0.409 e. The highest BCUT2D eigenvalue weighted by atomic mass is 35.5. The van der Waals surface area contributed by atoms with E-state index in [0.717, 1.165) is 6.42 Å². The van der Waals surface area contributed by atoms with E-state index in [-0.39, 0.29) is 11.7 Å². The van der Waals surface area contributed by atoms with Gasteiger partial charge < -0.3 is 16.3 Å². The quantitative estimate of drug-likeness (QED) is 0.338. The molecule has 1 unspecified atom stereocenters. The van der Waals surface area contributed by atoms with Gasteiger partial charge in [0, 0.05) is 15.7 Å². The molecule has 5 nitrogen and oxygen atoms in total. The van der Waals surface area contributed by atoms with E-state index in [1.807, 2.05) is 6.92 Å². The lowest BCUT2D eigenvalue weighted by Crippen LogP contribution is -2.34. The predicted octanol–water partition coefficient (Wildman–Crippen LogP) is 3.09. The number of hydrogen-bond donors (Lipinski definition) is 3. The van der Waals surface area contributed by atoms with Crippen LogP contribution < -0.4 is 11.1 Å². The lowest BCUT2D eigenvalue weighted by atomic mass is 10.0. The van der Waals surface area contributed by atoms with Crippen molar-refractivity contribution in [3.8, 4) is 0 Å². The molecule has 1 aromatic rings. The van der Waals surface area contributed by atoms with Gasteiger partial charge in [-0.3, -0.25) is 4.79 Å². The van der Waals surface area contributed by atoms with Crippen LogP contribution in [0.3, 0.4) is 0 Å². The number of carbonyl (C=O) groups is 1. The van der Waals surface area contributed by atoms with Crippen LogP contribution in [0.4, 0.5) is 5.69 Å². The van der Waals surface area contributed by atoms with Crippen molar-refractivity contribution in [2.45, 2.75) is 19.8 Å². The van der Waals surface area contributed by atoms with Crippen LogP contribution in [0.25, 0.3) is 0 Å². The fraction of sp³-hybridized carbons (Fsp3) is 0.333. The van der Waals surface area contributed by atoms with Gasteiger partial charge in [-0.25, -0.2) is 0 Å². The van der Waals surface area contributed by atoms with Crippen LogP contribution >= 0.6 is 23.2 Å². The molecule has 7 heteroatoms. The van der Waals surface area contributed by atoms with Gasteiger partial charge in [-0.15, -0.1) is 0 Å². The van der Waals surface area contributed by atoms with E-state index in [4.69, 9.17) is 34.1 Å². The Morgan fingerprint density at radius 1 is 1.42 bits per heavy atom. The van der Waals surface area contributed by atoms with Crippen molar-refractivity contribution in [2.24, 2.45) is 16.8 Å². The Kier molecular flexibility index (Phi) is 5.92. The van der Waals surface area contributed by atoms with E-state index in [2.05, 4.69) is 10.5 Å². The standard InChI is InChI=1S/C12H15Cl2N3O2/c1-2-3-10(11(15)17-19)12(18)16-9-5-7(13)4-8(14)6-9/h4-6,10,19H,2-3H2,1H3,(H2,15,17)(H,16,18). The maximum atomic E-state index is 12.1. The van der Waals surface area contributed by atoms with Gasteiger partial charge in [-0.1, -0.05) is 41.7 Å². The number of halogens is 2. The second-order valence-electron chi connectivity index (χ2n) is 4.01. The van der Waals surface area contributed by atoms with Gasteiger partial charge in [-0.2, -0.15) is 0 Å². The fourth-order valence-corrected chi connectivity index (χ4v) is 2.15. The van der Waals surface area contributed by atoms with Crippen LogP contribution in [-0.4, -0.2) is 17.0 Å². The minimum absolute atomic E-state index is 0.118. The molecule has 0 saturated carbocycles. The highest BCUT2D eigenvalue weighted by Crippen LogP contribution is 2.23. The van der Waals surface area contributed by atoms with Crippen molar-refractivity contribution < 1.29 is 10.0 Å². The number of amidine groups is 1. The fourth-order valence-electron chi connectivity index (χ4n) is 1.63. The second-order valence-corrected chi connectivity index (χ2v) is 4.89. The summed E-state index contributed by atoms with van der Waals surface area (Å²) in [4.78, 5) is 12.1. The summed E-state index contributed by atoms with van der Waals surface area (Å²) >= 11 is 11.7. The van der Waals surface area contributed by atoms with Gasteiger partial charge in [0.15, 0.2) is 5.84 Å². The highest BCUT2D eigenvalue weighted by molar-refractivity contribution is 6.35. The van der Waals surface area contributed by atoms with Crippen LogP contribution in [0.1, 0.15) is 19.8 Å². The monoisotopic (exact) mass is 303 g/mol. The summed E-state index contributed by atoms with van der Waals surface area (Å²) in [5.41, 5.74) is 5.97. The summed E-state index contributed by atoms with van der Waals surface area (Å²) in [5.74, 6) is -1.17. The zero-order valence-corrected chi connectivity index (χ0v) is 11.9. The average molecular weight is 304 g/mol. The summed E-state index contributed by atoms with van der Waals surface area (Å²) in [6.07, 6.45) is 1.21. The molecule has 0 aliphatic rings. The summed E-state index contributed by atoms with van der Waals surface area (Å²) in [6.45, 7) is 1.90. The number of rotatable bonds is 5. The summed E-state index contributed by atoms with van der Waals surface area (Å²) < 4.78 is 0.